The molecule has 0 heterocycles. The Morgan fingerprint density at radius 2 is 2.05 bits per heavy atom. The third-order valence-corrected chi connectivity index (χ3v) is 3.44. The van der Waals surface area contributed by atoms with E-state index in [0.717, 1.165) is 34.1 Å². The minimum absolute atomic E-state index is 0.717. The molecule has 0 radical (unpaired) electrons. The lowest BCUT2D eigenvalue weighted by Crippen LogP contribution is -1.94. The number of carbonyl (C=O) groups is 1. The Balaban J connectivity index is 2.79. The standard InChI is InChI=1S/C17H18O3/c1-4-12-6-5-7-14-15(11(2)8-17(18)19)9-13(20-3)10-16(12)14/h5-10H,4H2,1-3H3,(H,18,19)/b11-8-. The van der Waals surface area contributed by atoms with Crippen molar-refractivity contribution in [3.8, 4) is 5.75 Å². The number of carboxylic acids is 1. The summed E-state index contributed by atoms with van der Waals surface area (Å²) in [6, 6.07) is 10.00. The van der Waals surface area contributed by atoms with Crippen molar-refractivity contribution in [1.82, 2.24) is 0 Å². The molecule has 0 unspecified atom stereocenters. The van der Waals surface area contributed by atoms with E-state index >= 15 is 0 Å². The van der Waals surface area contributed by atoms with Gasteiger partial charge >= 0.3 is 5.97 Å². The van der Waals surface area contributed by atoms with Gasteiger partial charge in [0.15, 0.2) is 0 Å². The van der Waals surface area contributed by atoms with Crippen LogP contribution in [0.4, 0.5) is 0 Å². The lowest BCUT2D eigenvalue weighted by atomic mass is 9.94. The molecule has 3 heteroatoms. The SMILES string of the molecule is CCc1cccc2c(/C(C)=C\C(=O)O)cc(OC)cc12. The molecule has 0 aromatic heterocycles. The number of hydrogen-bond donors (Lipinski definition) is 1. The Hall–Kier alpha value is -2.29. The monoisotopic (exact) mass is 270 g/mol. The number of aryl methyl sites for hydroxylation is 1. The zero-order chi connectivity index (χ0) is 14.7. The normalized spacial score (nSPS) is 11.7. The van der Waals surface area contributed by atoms with Gasteiger partial charge in [0.1, 0.15) is 5.75 Å². The molecule has 0 saturated heterocycles. The first kappa shape index (κ1) is 14.1. The highest BCUT2D eigenvalue weighted by atomic mass is 16.5. The highest BCUT2D eigenvalue weighted by Crippen LogP contribution is 2.32. The van der Waals surface area contributed by atoms with Crippen LogP contribution in [0.2, 0.25) is 0 Å². The lowest BCUT2D eigenvalue weighted by molar-refractivity contribution is -0.131. The van der Waals surface area contributed by atoms with Crippen molar-refractivity contribution in [3.63, 3.8) is 0 Å². The van der Waals surface area contributed by atoms with E-state index in [2.05, 4.69) is 13.0 Å². The average Bonchev–Trinajstić information content (AvgIpc) is 2.44. The first-order chi connectivity index (χ1) is 9.56. The molecule has 0 fully saturated rings. The van der Waals surface area contributed by atoms with E-state index in [1.807, 2.05) is 24.3 Å². The van der Waals surface area contributed by atoms with E-state index in [1.165, 1.54) is 11.6 Å². The first-order valence-electron chi connectivity index (χ1n) is 6.58. The molecular weight excluding hydrogens is 252 g/mol. The maximum absolute atomic E-state index is 10.9. The van der Waals surface area contributed by atoms with Crippen LogP contribution in [0, 0.1) is 0 Å². The van der Waals surface area contributed by atoms with E-state index in [0.29, 0.717) is 0 Å². The number of aliphatic carboxylic acids is 1. The van der Waals surface area contributed by atoms with E-state index in [4.69, 9.17) is 9.84 Å². The highest BCUT2D eigenvalue weighted by molar-refractivity contribution is 6.00. The molecule has 0 atom stereocenters. The summed E-state index contributed by atoms with van der Waals surface area (Å²) in [6.45, 7) is 3.91. The van der Waals surface area contributed by atoms with Gasteiger partial charge in [0.25, 0.3) is 0 Å². The summed E-state index contributed by atoms with van der Waals surface area (Å²) in [5, 5.41) is 11.1. The minimum atomic E-state index is -0.940. The fraction of sp³-hybridized carbons (Fsp3) is 0.235. The summed E-state index contributed by atoms with van der Waals surface area (Å²) >= 11 is 0. The fourth-order valence-corrected chi connectivity index (χ4v) is 2.44. The van der Waals surface area contributed by atoms with Crippen LogP contribution in [-0.4, -0.2) is 18.2 Å². The van der Waals surface area contributed by atoms with Gasteiger partial charge in [-0.1, -0.05) is 25.1 Å². The summed E-state index contributed by atoms with van der Waals surface area (Å²) in [4.78, 5) is 10.9. The van der Waals surface area contributed by atoms with Crippen LogP contribution in [-0.2, 0) is 11.2 Å². The maximum atomic E-state index is 10.9. The van der Waals surface area contributed by atoms with Gasteiger partial charge in [-0.3, -0.25) is 0 Å². The number of hydrogen-bond acceptors (Lipinski definition) is 2. The number of rotatable bonds is 4. The molecule has 2 rings (SSSR count). The molecule has 0 bridgehead atoms. The summed E-state index contributed by atoms with van der Waals surface area (Å²) < 4.78 is 5.34. The second kappa shape index (κ2) is 5.78. The van der Waals surface area contributed by atoms with Crippen molar-refractivity contribution in [2.75, 3.05) is 7.11 Å². The molecule has 20 heavy (non-hydrogen) atoms. The number of fused-ring (bicyclic) bond motifs is 1. The molecule has 1 N–H and O–H groups in total. The molecule has 104 valence electrons. The van der Waals surface area contributed by atoms with Crippen LogP contribution < -0.4 is 4.74 Å². The van der Waals surface area contributed by atoms with Gasteiger partial charge < -0.3 is 9.84 Å². The van der Waals surface area contributed by atoms with Crippen molar-refractivity contribution in [2.45, 2.75) is 20.3 Å². The second-order valence-electron chi connectivity index (χ2n) is 4.71. The van der Waals surface area contributed by atoms with Crippen LogP contribution in [0.25, 0.3) is 16.3 Å². The van der Waals surface area contributed by atoms with Crippen molar-refractivity contribution in [1.29, 1.82) is 0 Å². The van der Waals surface area contributed by atoms with Gasteiger partial charge in [0.2, 0.25) is 0 Å². The second-order valence-corrected chi connectivity index (χ2v) is 4.71. The van der Waals surface area contributed by atoms with Gasteiger partial charge in [0, 0.05) is 6.08 Å². The van der Waals surface area contributed by atoms with Gasteiger partial charge in [0.05, 0.1) is 7.11 Å². The Morgan fingerprint density at radius 3 is 2.65 bits per heavy atom. The Labute approximate surface area is 118 Å². The summed E-state index contributed by atoms with van der Waals surface area (Å²) in [6.07, 6.45) is 2.15. The topological polar surface area (TPSA) is 46.5 Å². The molecule has 0 saturated carbocycles. The van der Waals surface area contributed by atoms with Gasteiger partial charge in [-0.15, -0.1) is 0 Å². The van der Waals surface area contributed by atoms with Crippen LogP contribution in [0.15, 0.2) is 36.4 Å². The van der Waals surface area contributed by atoms with E-state index in [1.54, 1.807) is 14.0 Å². The van der Waals surface area contributed by atoms with Gasteiger partial charge in [-0.25, -0.2) is 4.79 Å². The van der Waals surface area contributed by atoms with Crippen molar-refractivity contribution in [2.24, 2.45) is 0 Å². The lowest BCUT2D eigenvalue weighted by Gasteiger charge is -2.12. The molecule has 0 aliphatic rings. The predicted octanol–water partition coefficient (Wildman–Crippen LogP) is 3.90. The predicted molar refractivity (Wildman–Crippen MR) is 81.2 cm³/mol. The Kier molecular flexibility index (Phi) is 4.08. The number of allylic oxidation sites excluding steroid dienone is 1. The quantitative estimate of drug-likeness (QED) is 0.857. The molecule has 0 spiro atoms. The molecule has 2 aromatic rings. The Morgan fingerprint density at radius 1 is 1.30 bits per heavy atom. The maximum Gasteiger partial charge on any atom is 0.328 e. The summed E-state index contributed by atoms with van der Waals surface area (Å²) in [7, 11) is 1.62. The minimum Gasteiger partial charge on any atom is -0.497 e. The third-order valence-electron chi connectivity index (χ3n) is 3.44. The van der Waals surface area contributed by atoms with Crippen molar-refractivity contribution >= 4 is 22.3 Å². The number of benzene rings is 2. The van der Waals surface area contributed by atoms with Crippen LogP contribution in [0.3, 0.4) is 0 Å². The van der Waals surface area contributed by atoms with Crippen LogP contribution >= 0.6 is 0 Å². The summed E-state index contributed by atoms with van der Waals surface area (Å²) in [5.41, 5.74) is 2.84. The smallest absolute Gasteiger partial charge is 0.328 e. The summed E-state index contributed by atoms with van der Waals surface area (Å²) in [5.74, 6) is -0.198. The van der Waals surface area contributed by atoms with E-state index in [-0.39, 0.29) is 0 Å². The molecular formula is C17H18O3. The van der Waals surface area contributed by atoms with Gasteiger partial charge in [-0.2, -0.15) is 0 Å². The Bertz CT molecular complexity index is 684. The highest BCUT2D eigenvalue weighted by Gasteiger charge is 2.09. The fourth-order valence-electron chi connectivity index (χ4n) is 2.44. The average molecular weight is 270 g/mol. The number of methoxy groups -OCH3 is 1. The van der Waals surface area contributed by atoms with Crippen LogP contribution in [0.1, 0.15) is 25.0 Å². The van der Waals surface area contributed by atoms with E-state index in [9.17, 15) is 4.79 Å². The van der Waals surface area contributed by atoms with Crippen molar-refractivity contribution in [3.05, 3.63) is 47.5 Å². The van der Waals surface area contributed by atoms with Crippen molar-refractivity contribution < 1.29 is 14.6 Å². The zero-order valence-corrected chi connectivity index (χ0v) is 11.9. The molecule has 2 aromatic carbocycles. The molecule has 0 aliphatic carbocycles. The number of ether oxygens (including phenoxy) is 1. The largest absolute Gasteiger partial charge is 0.497 e. The molecule has 3 nitrogen and oxygen atoms in total. The zero-order valence-electron chi connectivity index (χ0n) is 11.9. The number of carboxylic acid groups (broad SMARTS) is 1. The van der Waals surface area contributed by atoms with E-state index < -0.39 is 5.97 Å². The van der Waals surface area contributed by atoms with Gasteiger partial charge in [-0.05, 0) is 52.9 Å². The molecule has 0 amide bonds. The molecule has 0 aliphatic heterocycles. The third kappa shape index (κ3) is 2.67. The first-order valence-corrected chi connectivity index (χ1v) is 6.58. The van der Waals surface area contributed by atoms with Crippen LogP contribution in [0.5, 0.6) is 5.75 Å².